The van der Waals surface area contributed by atoms with Crippen LogP contribution in [0.25, 0.3) is 22.4 Å². The molecule has 3 aromatic heterocycles. The third-order valence-electron chi connectivity index (χ3n) is 7.34. The number of hydrogen-bond donors (Lipinski definition) is 1. The van der Waals surface area contributed by atoms with Crippen LogP contribution in [-0.2, 0) is 11.3 Å². The summed E-state index contributed by atoms with van der Waals surface area (Å²) >= 11 is 0. The third-order valence-corrected chi connectivity index (χ3v) is 7.34. The molecule has 0 unspecified atom stereocenters. The fraction of sp³-hybridized carbons (Fsp3) is 0.303. The Hall–Kier alpha value is -5.13. The van der Waals surface area contributed by atoms with Crippen molar-refractivity contribution in [2.24, 2.45) is 0 Å². The fourth-order valence-corrected chi connectivity index (χ4v) is 5.17. The lowest BCUT2D eigenvalue weighted by atomic mass is 9.93. The Balaban J connectivity index is 1.35. The first-order chi connectivity index (χ1) is 21.6. The predicted octanol–water partition coefficient (Wildman–Crippen LogP) is 6.69. The topological polar surface area (TPSA) is 107 Å². The molecule has 0 radical (unpaired) electrons. The summed E-state index contributed by atoms with van der Waals surface area (Å²) in [5, 5.41) is 8.84. The lowest BCUT2D eigenvalue weighted by molar-refractivity contribution is 0.00818. The fourth-order valence-electron chi connectivity index (χ4n) is 5.17. The summed E-state index contributed by atoms with van der Waals surface area (Å²) in [5.74, 6) is -0.431. The van der Waals surface area contributed by atoms with E-state index in [-0.39, 0.29) is 29.9 Å². The van der Waals surface area contributed by atoms with Crippen molar-refractivity contribution >= 4 is 28.5 Å². The van der Waals surface area contributed by atoms with E-state index in [9.17, 15) is 13.6 Å². The molecule has 1 saturated heterocycles. The standard InChI is InChI=1S/C33H33F2N7O3/c1-5-44-22-14-26(34)25(27(35)15-22)19-42-28-9-7-6-8-23(28)29(40-42)31-37-16-24(30(39-31)38-21-10-12-36-13-11-21)20-17-41(18-20)32(43)45-33(2,3)4/h6-16,20H,5,17-19H2,1-4H3,(H,36,37,38,39). The van der Waals surface area contributed by atoms with Gasteiger partial charge in [-0.3, -0.25) is 9.67 Å². The van der Waals surface area contributed by atoms with Crippen LogP contribution in [0.15, 0.2) is 67.1 Å². The van der Waals surface area contributed by atoms with Crippen LogP contribution in [0.1, 0.15) is 44.7 Å². The Morgan fingerprint density at radius 3 is 2.47 bits per heavy atom. The number of aromatic nitrogens is 5. The number of ether oxygens (including phenoxy) is 2. The van der Waals surface area contributed by atoms with E-state index in [1.165, 1.54) is 12.1 Å². The molecule has 0 atom stereocenters. The predicted molar refractivity (Wildman–Crippen MR) is 165 cm³/mol. The van der Waals surface area contributed by atoms with Gasteiger partial charge in [0.2, 0.25) is 0 Å². The first-order valence-electron chi connectivity index (χ1n) is 14.7. The first kappa shape index (κ1) is 29.9. The van der Waals surface area contributed by atoms with Gasteiger partial charge in [0.25, 0.3) is 0 Å². The monoisotopic (exact) mass is 613 g/mol. The van der Waals surface area contributed by atoms with Gasteiger partial charge in [0.1, 0.15) is 34.5 Å². The highest BCUT2D eigenvalue weighted by Gasteiger charge is 2.36. The highest BCUT2D eigenvalue weighted by molar-refractivity contribution is 5.92. The number of nitrogens with one attached hydrogen (secondary N) is 1. The number of para-hydroxylation sites is 1. The van der Waals surface area contributed by atoms with Crippen molar-refractivity contribution in [3.05, 3.63) is 89.9 Å². The summed E-state index contributed by atoms with van der Waals surface area (Å²) in [5.41, 5.74) is 2.02. The van der Waals surface area contributed by atoms with Crippen molar-refractivity contribution in [3.8, 4) is 17.3 Å². The molecule has 12 heteroatoms. The molecule has 1 fully saturated rings. The molecule has 10 nitrogen and oxygen atoms in total. The number of halogens is 2. The van der Waals surface area contributed by atoms with Gasteiger partial charge in [0.15, 0.2) is 5.82 Å². The third kappa shape index (κ3) is 6.40. The van der Waals surface area contributed by atoms with Crippen LogP contribution in [0, 0.1) is 11.6 Å². The molecule has 2 aromatic carbocycles. The second kappa shape index (κ2) is 12.1. The van der Waals surface area contributed by atoms with E-state index in [4.69, 9.17) is 19.6 Å². The number of hydrogen-bond acceptors (Lipinski definition) is 8. The Morgan fingerprint density at radius 1 is 1.07 bits per heavy atom. The van der Waals surface area contributed by atoms with E-state index in [2.05, 4.69) is 15.3 Å². The summed E-state index contributed by atoms with van der Waals surface area (Å²) in [6.45, 7) is 8.32. The van der Waals surface area contributed by atoms with E-state index in [0.29, 0.717) is 42.5 Å². The molecular weight excluding hydrogens is 580 g/mol. The van der Waals surface area contributed by atoms with Gasteiger partial charge in [-0.1, -0.05) is 18.2 Å². The molecule has 0 saturated carbocycles. The van der Waals surface area contributed by atoms with Crippen LogP contribution in [-0.4, -0.2) is 61.0 Å². The van der Waals surface area contributed by atoms with Crippen LogP contribution in [0.4, 0.5) is 25.1 Å². The Bertz CT molecular complexity index is 1830. The summed E-state index contributed by atoms with van der Waals surface area (Å²) in [6, 6.07) is 13.4. The molecule has 6 rings (SSSR count). The van der Waals surface area contributed by atoms with E-state index in [1.807, 2.05) is 57.2 Å². The van der Waals surface area contributed by atoms with Gasteiger partial charge in [-0.15, -0.1) is 0 Å². The van der Waals surface area contributed by atoms with Gasteiger partial charge < -0.3 is 19.7 Å². The van der Waals surface area contributed by atoms with Crippen LogP contribution in [0.2, 0.25) is 0 Å². The van der Waals surface area contributed by atoms with Crippen molar-refractivity contribution in [1.82, 2.24) is 29.6 Å². The molecule has 1 N–H and O–H groups in total. The number of rotatable bonds is 8. The van der Waals surface area contributed by atoms with Gasteiger partial charge in [-0.25, -0.2) is 23.5 Å². The maximum absolute atomic E-state index is 15.0. The molecule has 5 aromatic rings. The van der Waals surface area contributed by atoms with Crippen LogP contribution in [0.3, 0.4) is 0 Å². The van der Waals surface area contributed by atoms with Crippen molar-refractivity contribution in [2.45, 2.75) is 45.8 Å². The van der Waals surface area contributed by atoms with Gasteiger partial charge in [-0.2, -0.15) is 5.10 Å². The largest absolute Gasteiger partial charge is 0.494 e. The highest BCUT2D eigenvalue weighted by atomic mass is 19.1. The lowest BCUT2D eigenvalue weighted by Crippen LogP contribution is -2.50. The van der Waals surface area contributed by atoms with Crippen molar-refractivity contribution < 1.29 is 23.0 Å². The number of carbonyl (C=O) groups excluding carboxylic acids is 1. The maximum Gasteiger partial charge on any atom is 0.410 e. The molecule has 1 aliphatic rings. The van der Waals surface area contributed by atoms with E-state index in [1.54, 1.807) is 35.1 Å². The van der Waals surface area contributed by atoms with E-state index >= 15 is 0 Å². The Kier molecular flexibility index (Phi) is 8.05. The Labute approximate surface area is 259 Å². The zero-order valence-electron chi connectivity index (χ0n) is 25.4. The minimum absolute atomic E-state index is 0.0178. The number of benzene rings is 2. The molecule has 0 spiro atoms. The normalized spacial score (nSPS) is 13.5. The number of carbonyl (C=O) groups is 1. The molecule has 0 bridgehead atoms. The summed E-state index contributed by atoms with van der Waals surface area (Å²) in [6.07, 6.45) is 4.72. The summed E-state index contributed by atoms with van der Waals surface area (Å²) in [7, 11) is 0. The maximum atomic E-state index is 15.0. The summed E-state index contributed by atoms with van der Waals surface area (Å²) in [4.78, 5) is 27.9. The SMILES string of the molecule is CCOc1cc(F)c(Cn2nc(-c3ncc(C4CN(C(=O)OC(C)(C)C)C4)c(Nc4ccncc4)n3)c3ccccc32)c(F)c1. The number of likely N-dealkylation sites (tertiary alicyclic amines) is 1. The number of anilines is 2. The Morgan fingerprint density at radius 2 is 1.78 bits per heavy atom. The number of nitrogens with zero attached hydrogens (tertiary/aromatic N) is 6. The van der Waals surface area contributed by atoms with Crippen LogP contribution < -0.4 is 10.1 Å². The first-order valence-corrected chi connectivity index (χ1v) is 14.7. The summed E-state index contributed by atoms with van der Waals surface area (Å²) < 4.78 is 42.3. The smallest absolute Gasteiger partial charge is 0.410 e. The van der Waals surface area contributed by atoms with E-state index < -0.39 is 17.2 Å². The van der Waals surface area contributed by atoms with Crippen molar-refractivity contribution in [1.29, 1.82) is 0 Å². The van der Waals surface area contributed by atoms with Crippen LogP contribution in [0.5, 0.6) is 5.75 Å². The minimum atomic E-state index is -0.718. The zero-order chi connectivity index (χ0) is 31.7. The molecule has 45 heavy (non-hydrogen) atoms. The quantitative estimate of drug-likeness (QED) is 0.206. The zero-order valence-corrected chi connectivity index (χ0v) is 25.4. The molecular formula is C33H33F2N7O3. The molecule has 232 valence electrons. The molecule has 0 aliphatic carbocycles. The average Bonchev–Trinajstić information content (AvgIpc) is 3.33. The van der Waals surface area contributed by atoms with Crippen LogP contribution >= 0.6 is 0 Å². The van der Waals surface area contributed by atoms with Gasteiger partial charge >= 0.3 is 6.09 Å². The molecule has 4 heterocycles. The minimum Gasteiger partial charge on any atom is -0.494 e. The second-order valence-corrected chi connectivity index (χ2v) is 11.8. The number of fused-ring (bicyclic) bond motifs is 1. The van der Waals surface area contributed by atoms with Gasteiger partial charge in [0, 0.05) is 71.9 Å². The van der Waals surface area contributed by atoms with Crippen molar-refractivity contribution in [2.75, 3.05) is 25.0 Å². The van der Waals surface area contributed by atoms with E-state index in [0.717, 1.165) is 16.6 Å². The molecule has 1 amide bonds. The van der Waals surface area contributed by atoms with Crippen molar-refractivity contribution in [3.63, 3.8) is 0 Å². The molecule has 1 aliphatic heterocycles. The number of pyridine rings is 1. The average molecular weight is 614 g/mol. The van der Waals surface area contributed by atoms with Gasteiger partial charge in [-0.05, 0) is 45.9 Å². The second-order valence-electron chi connectivity index (χ2n) is 11.8. The number of amides is 1. The highest BCUT2D eigenvalue weighted by Crippen LogP contribution is 2.35. The van der Waals surface area contributed by atoms with Gasteiger partial charge in [0.05, 0.1) is 18.7 Å². The lowest BCUT2D eigenvalue weighted by Gasteiger charge is -2.40.